The molecule has 7 nitrogen and oxygen atoms in total. The molecular weight excluding hydrogens is 463 g/mol. The van der Waals surface area contributed by atoms with E-state index in [0.717, 1.165) is 18.2 Å². The molecule has 0 spiro atoms. The number of aromatic hydroxyl groups is 1. The van der Waals surface area contributed by atoms with Crippen molar-refractivity contribution >= 4 is 23.6 Å². The number of alkyl halides is 3. The van der Waals surface area contributed by atoms with Crippen LogP contribution in [0.3, 0.4) is 0 Å². The van der Waals surface area contributed by atoms with Crippen molar-refractivity contribution in [3.8, 4) is 17.2 Å². The summed E-state index contributed by atoms with van der Waals surface area (Å²) in [5, 5.41) is 14.8. The lowest BCUT2D eigenvalue weighted by Crippen LogP contribution is -2.18. The summed E-state index contributed by atoms with van der Waals surface area (Å²) < 4.78 is 45.6. The summed E-state index contributed by atoms with van der Waals surface area (Å²) in [7, 11) is 1.49. The fraction of sp³-hybridized carbons (Fsp3) is 0.160. The van der Waals surface area contributed by atoms with Gasteiger partial charge in [-0.25, -0.2) is 0 Å². The number of nitrogens with one attached hydrogen (secondary N) is 2. The third-order valence-electron chi connectivity index (χ3n) is 4.88. The Morgan fingerprint density at radius 2 is 1.86 bits per heavy atom. The van der Waals surface area contributed by atoms with E-state index in [4.69, 9.17) is 4.74 Å². The molecule has 0 unspecified atom stereocenters. The number of aromatic nitrogens is 1. The summed E-state index contributed by atoms with van der Waals surface area (Å²) in [6, 6.07) is 11.4. The van der Waals surface area contributed by atoms with Crippen LogP contribution in [0.5, 0.6) is 17.2 Å². The zero-order valence-corrected chi connectivity index (χ0v) is 18.8. The van der Waals surface area contributed by atoms with E-state index < -0.39 is 23.4 Å². The summed E-state index contributed by atoms with van der Waals surface area (Å²) in [5.74, 6) is -0.752. The fourth-order valence-corrected chi connectivity index (χ4v) is 3.18. The topological polar surface area (TPSA) is 101 Å². The number of rotatable bonds is 7. The quantitative estimate of drug-likeness (QED) is 0.317. The zero-order valence-electron chi connectivity index (χ0n) is 18.8. The van der Waals surface area contributed by atoms with Gasteiger partial charge in [0.2, 0.25) is 5.91 Å². The third-order valence-corrected chi connectivity index (χ3v) is 4.88. The van der Waals surface area contributed by atoms with E-state index in [2.05, 4.69) is 15.6 Å². The van der Waals surface area contributed by atoms with Crippen molar-refractivity contribution in [2.24, 2.45) is 0 Å². The molecular formula is C25H22F3N3O4. The molecule has 3 rings (SSSR count). The molecule has 10 heteroatoms. The second-order valence-corrected chi connectivity index (χ2v) is 7.33. The lowest BCUT2D eigenvalue weighted by Gasteiger charge is -2.15. The Balaban J connectivity index is 1.73. The number of phenols is 1. The summed E-state index contributed by atoms with van der Waals surface area (Å²) in [6.07, 6.45) is -0.560. The first-order valence-electron chi connectivity index (χ1n) is 10.5. The monoisotopic (exact) mass is 485 g/mol. The highest BCUT2D eigenvalue weighted by Crippen LogP contribution is 2.38. The Kier molecular flexibility index (Phi) is 7.75. The van der Waals surface area contributed by atoms with E-state index in [1.807, 2.05) is 0 Å². The number of carbonyl (C=O) groups excluding carboxylic acids is 2. The van der Waals surface area contributed by atoms with Crippen LogP contribution >= 0.6 is 0 Å². The van der Waals surface area contributed by atoms with Crippen molar-refractivity contribution in [3.63, 3.8) is 0 Å². The second kappa shape index (κ2) is 10.7. The van der Waals surface area contributed by atoms with Gasteiger partial charge in [-0.15, -0.1) is 0 Å². The van der Waals surface area contributed by atoms with Crippen LogP contribution < -0.4 is 15.4 Å². The Morgan fingerprint density at radius 3 is 2.54 bits per heavy atom. The number of amides is 2. The molecule has 0 fully saturated rings. The number of pyridine rings is 1. The number of aryl methyl sites for hydroxylation is 1. The van der Waals surface area contributed by atoms with Gasteiger partial charge in [-0.2, -0.15) is 13.2 Å². The average molecular weight is 485 g/mol. The molecule has 0 saturated heterocycles. The standard InChI is InChI=1S/C25H22F3N3O4/c1-3-16-12-22(32)20(14-19(16)25(26,27)28)31-23(33)8-7-15-5-4-6-17(11-15)35-18-9-10-30-21(13-18)24(34)29-2/h4-14,32H,3H2,1-2H3,(H,29,34)(H,31,33)/b8-7+. The van der Waals surface area contributed by atoms with E-state index in [1.165, 1.54) is 25.4 Å². The number of hydrogen-bond donors (Lipinski definition) is 3. The normalized spacial score (nSPS) is 11.3. The van der Waals surface area contributed by atoms with E-state index in [-0.39, 0.29) is 29.3 Å². The number of hydrogen-bond acceptors (Lipinski definition) is 5. The predicted molar refractivity (Wildman–Crippen MR) is 124 cm³/mol. The minimum absolute atomic E-state index is 0.0710. The van der Waals surface area contributed by atoms with Gasteiger partial charge >= 0.3 is 6.18 Å². The predicted octanol–water partition coefficient (Wildman–Crippen LogP) is 5.17. The Labute approximate surface area is 199 Å². The Morgan fingerprint density at radius 1 is 1.11 bits per heavy atom. The van der Waals surface area contributed by atoms with Gasteiger partial charge in [-0.05, 0) is 54.0 Å². The van der Waals surface area contributed by atoms with Crippen molar-refractivity contribution < 1.29 is 32.6 Å². The molecule has 35 heavy (non-hydrogen) atoms. The maximum absolute atomic E-state index is 13.3. The van der Waals surface area contributed by atoms with Gasteiger partial charge < -0.3 is 20.5 Å². The molecule has 0 radical (unpaired) electrons. The van der Waals surface area contributed by atoms with E-state index in [1.54, 1.807) is 37.3 Å². The van der Waals surface area contributed by atoms with Crippen molar-refractivity contribution in [3.05, 3.63) is 83.2 Å². The first-order chi connectivity index (χ1) is 16.6. The molecule has 1 heterocycles. The van der Waals surface area contributed by atoms with Crippen LogP contribution in [-0.4, -0.2) is 29.0 Å². The molecule has 182 valence electrons. The van der Waals surface area contributed by atoms with Crippen molar-refractivity contribution in [2.45, 2.75) is 19.5 Å². The molecule has 0 aliphatic heterocycles. The fourth-order valence-electron chi connectivity index (χ4n) is 3.18. The highest BCUT2D eigenvalue weighted by atomic mass is 19.4. The van der Waals surface area contributed by atoms with Gasteiger partial charge in [0.05, 0.1) is 11.3 Å². The number of halogens is 3. The van der Waals surface area contributed by atoms with Crippen LogP contribution in [0.2, 0.25) is 0 Å². The molecule has 3 aromatic rings. The molecule has 1 aromatic heterocycles. The lowest BCUT2D eigenvalue weighted by molar-refractivity contribution is -0.138. The van der Waals surface area contributed by atoms with Gasteiger partial charge in [0.1, 0.15) is 22.9 Å². The summed E-state index contributed by atoms with van der Waals surface area (Å²) >= 11 is 0. The Hall–Kier alpha value is -4.34. The molecule has 0 bridgehead atoms. The molecule has 2 aromatic carbocycles. The second-order valence-electron chi connectivity index (χ2n) is 7.33. The average Bonchev–Trinajstić information content (AvgIpc) is 2.83. The van der Waals surface area contributed by atoms with Crippen molar-refractivity contribution in [1.29, 1.82) is 0 Å². The van der Waals surface area contributed by atoms with Crippen LogP contribution in [0, 0.1) is 0 Å². The largest absolute Gasteiger partial charge is 0.506 e. The highest BCUT2D eigenvalue weighted by molar-refractivity contribution is 6.02. The SMILES string of the molecule is CCc1cc(O)c(NC(=O)/C=C/c2cccc(Oc3ccnc(C(=O)NC)c3)c2)cc1C(F)(F)F. The zero-order chi connectivity index (χ0) is 25.6. The summed E-state index contributed by atoms with van der Waals surface area (Å²) in [5.41, 5.74) is -0.582. The third kappa shape index (κ3) is 6.59. The van der Waals surface area contributed by atoms with Gasteiger partial charge in [-0.3, -0.25) is 14.6 Å². The van der Waals surface area contributed by atoms with Crippen LogP contribution in [0.4, 0.5) is 18.9 Å². The number of ether oxygens (including phenoxy) is 1. The van der Waals surface area contributed by atoms with Gasteiger partial charge in [-0.1, -0.05) is 19.1 Å². The first kappa shape index (κ1) is 25.3. The van der Waals surface area contributed by atoms with Gasteiger partial charge in [0, 0.05) is 25.4 Å². The number of anilines is 1. The number of nitrogens with zero attached hydrogens (tertiary/aromatic N) is 1. The van der Waals surface area contributed by atoms with Crippen LogP contribution in [0.15, 0.2) is 60.8 Å². The molecule has 0 atom stereocenters. The molecule has 0 aliphatic rings. The number of benzene rings is 2. The minimum Gasteiger partial charge on any atom is -0.506 e. The van der Waals surface area contributed by atoms with Gasteiger partial charge in [0.25, 0.3) is 5.91 Å². The van der Waals surface area contributed by atoms with E-state index >= 15 is 0 Å². The van der Waals surface area contributed by atoms with E-state index in [0.29, 0.717) is 17.1 Å². The molecule has 3 N–H and O–H groups in total. The van der Waals surface area contributed by atoms with Crippen LogP contribution in [0.1, 0.15) is 34.1 Å². The molecule has 0 aliphatic carbocycles. The Bertz CT molecular complexity index is 1270. The smallest absolute Gasteiger partial charge is 0.416 e. The van der Waals surface area contributed by atoms with Crippen LogP contribution in [-0.2, 0) is 17.4 Å². The highest BCUT2D eigenvalue weighted by Gasteiger charge is 2.34. The van der Waals surface area contributed by atoms with Crippen LogP contribution in [0.25, 0.3) is 6.08 Å². The van der Waals surface area contributed by atoms with E-state index in [9.17, 15) is 27.9 Å². The van der Waals surface area contributed by atoms with Crippen molar-refractivity contribution in [1.82, 2.24) is 10.3 Å². The summed E-state index contributed by atoms with van der Waals surface area (Å²) in [4.78, 5) is 28.0. The number of phenolic OH excluding ortho intramolecular Hbond substituents is 1. The maximum atomic E-state index is 13.3. The van der Waals surface area contributed by atoms with Gasteiger partial charge in [0.15, 0.2) is 0 Å². The maximum Gasteiger partial charge on any atom is 0.416 e. The minimum atomic E-state index is -4.62. The molecule has 2 amide bonds. The van der Waals surface area contributed by atoms with Crippen molar-refractivity contribution in [2.75, 3.05) is 12.4 Å². The first-order valence-corrected chi connectivity index (χ1v) is 10.5. The summed E-state index contributed by atoms with van der Waals surface area (Å²) in [6.45, 7) is 1.54. The number of carbonyl (C=O) groups is 2. The molecule has 0 saturated carbocycles. The lowest BCUT2D eigenvalue weighted by atomic mass is 10.0.